The summed E-state index contributed by atoms with van der Waals surface area (Å²) in [6.07, 6.45) is 1.81. The molecule has 0 radical (unpaired) electrons. The highest BCUT2D eigenvalue weighted by Gasteiger charge is 2.38. The lowest BCUT2D eigenvalue weighted by molar-refractivity contribution is 0.230. The lowest BCUT2D eigenvalue weighted by atomic mass is 10.2. The second kappa shape index (κ2) is 8.51. The van der Waals surface area contributed by atoms with Crippen molar-refractivity contribution < 1.29 is 27.5 Å². The fourth-order valence-electron chi connectivity index (χ4n) is 3.83. The molecule has 1 saturated heterocycles. The summed E-state index contributed by atoms with van der Waals surface area (Å²) in [5.41, 5.74) is 0.814. The average Bonchev–Trinajstić information content (AvgIpc) is 3.16. The fraction of sp³-hybridized carbons (Fsp3) is 0.400. The van der Waals surface area contributed by atoms with E-state index in [-0.39, 0.29) is 19.4 Å². The molecule has 3 N–H and O–H groups in total. The number of nitrogens with one attached hydrogen (secondary N) is 1. The van der Waals surface area contributed by atoms with Gasteiger partial charge in [-0.3, -0.25) is 13.7 Å². The van der Waals surface area contributed by atoms with Crippen LogP contribution in [0, 0.1) is 0 Å². The third-order valence-corrected chi connectivity index (χ3v) is 8.72. The predicted molar refractivity (Wildman–Crippen MR) is 118 cm³/mol. The Hall–Kier alpha value is -1.58. The Kier molecular flexibility index (Phi) is 6.14. The standard InChI is InChI=1S/C20H27N2O6PS/c1-3-26-29(23,27-4-2)17-8-5-7-15(13-17)28-16-10-11-18-19(14-16)30(24,25)21-20-9-6-12-22(18)20/h5,7-8,10-11,13-14,20-21,24-25H,3-4,6,9,12H2,1-2H3. The van der Waals surface area contributed by atoms with Gasteiger partial charge in [-0.05, 0) is 57.0 Å². The Morgan fingerprint density at radius 2 is 1.87 bits per heavy atom. The highest BCUT2D eigenvalue weighted by molar-refractivity contribution is 8.22. The van der Waals surface area contributed by atoms with Gasteiger partial charge in [-0.2, -0.15) is 4.72 Å². The second-order valence-electron chi connectivity index (χ2n) is 7.08. The van der Waals surface area contributed by atoms with Gasteiger partial charge in [0.15, 0.2) is 0 Å². The number of fused-ring (bicyclic) bond motifs is 3. The Morgan fingerprint density at radius 1 is 1.13 bits per heavy atom. The van der Waals surface area contributed by atoms with Crippen LogP contribution in [0.3, 0.4) is 0 Å². The molecule has 30 heavy (non-hydrogen) atoms. The quantitative estimate of drug-likeness (QED) is 0.507. The maximum atomic E-state index is 13.0. The van der Waals surface area contributed by atoms with E-state index in [0.717, 1.165) is 25.1 Å². The maximum Gasteiger partial charge on any atom is 0.361 e. The number of hydrogen-bond donors (Lipinski definition) is 3. The first kappa shape index (κ1) is 21.6. The normalized spacial score (nSPS) is 21.1. The van der Waals surface area contributed by atoms with Gasteiger partial charge in [-0.15, -0.1) is 10.8 Å². The minimum Gasteiger partial charge on any atom is -0.457 e. The number of rotatable bonds is 7. The fourth-order valence-corrected chi connectivity index (χ4v) is 6.95. The van der Waals surface area contributed by atoms with Crippen LogP contribution in [-0.2, 0) is 13.6 Å². The molecule has 164 valence electrons. The monoisotopic (exact) mass is 454 g/mol. The van der Waals surface area contributed by atoms with Crippen molar-refractivity contribution in [1.82, 2.24) is 4.72 Å². The van der Waals surface area contributed by atoms with Crippen LogP contribution in [0.25, 0.3) is 0 Å². The SMILES string of the molecule is CCOP(=O)(OCC)c1cccc(Oc2ccc3c(c2)S(O)(O)NC2CCCN32)c1. The van der Waals surface area contributed by atoms with Crippen LogP contribution in [0.2, 0.25) is 0 Å². The van der Waals surface area contributed by atoms with Gasteiger partial charge in [-0.25, -0.2) is 0 Å². The molecule has 0 aromatic heterocycles. The minimum absolute atomic E-state index is 0.0581. The zero-order chi connectivity index (χ0) is 21.4. The third-order valence-electron chi connectivity index (χ3n) is 5.07. The molecule has 1 atom stereocenters. The molecule has 2 aromatic carbocycles. The van der Waals surface area contributed by atoms with Crippen LogP contribution < -0.4 is 19.7 Å². The van der Waals surface area contributed by atoms with Gasteiger partial charge in [0, 0.05) is 12.6 Å². The van der Waals surface area contributed by atoms with E-state index >= 15 is 0 Å². The first-order valence-electron chi connectivity index (χ1n) is 10.00. The van der Waals surface area contributed by atoms with Gasteiger partial charge < -0.3 is 18.7 Å². The summed E-state index contributed by atoms with van der Waals surface area (Å²) in [5, 5.41) is 0.410. The lowest BCUT2D eigenvalue weighted by Crippen LogP contribution is -2.46. The van der Waals surface area contributed by atoms with Gasteiger partial charge in [0.05, 0.1) is 30.4 Å². The zero-order valence-corrected chi connectivity index (χ0v) is 18.7. The Morgan fingerprint density at radius 3 is 2.60 bits per heavy atom. The van der Waals surface area contributed by atoms with Crippen molar-refractivity contribution in [3.05, 3.63) is 42.5 Å². The third kappa shape index (κ3) is 4.11. The van der Waals surface area contributed by atoms with Crippen molar-refractivity contribution in [3.8, 4) is 11.5 Å². The highest BCUT2D eigenvalue weighted by atomic mass is 32.3. The summed E-state index contributed by atoms with van der Waals surface area (Å²) in [4.78, 5) is 2.57. The van der Waals surface area contributed by atoms with Crippen molar-refractivity contribution >= 4 is 29.4 Å². The number of hydrogen-bond acceptors (Lipinski definition) is 8. The van der Waals surface area contributed by atoms with Gasteiger partial charge in [0.1, 0.15) is 16.4 Å². The highest BCUT2D eigenvalue weighted by Crippen LogP contribution is 2.55. The molecular weight excluding hydrogens is 427 g/mol. The molecule has 1 unspecified atom stereocenters. The van der Waals surface area contributed by atoms with Crippen LogP contribution in [0.5, 0.6) is 11.5 Å². The lowest BCUT2D eigenvalue weighted by Gasteiger charge is -2.46. The Balaban J connectivity index is 1.62. The number of nitrogens with zero attached hydrogens (tertiary/aromatic N) is 1. The van der Waals surface area contributed by atoms with E-state index in [1.54, 1.807) is 50.2 Å². The molecule has 0 saturated carbocycles. The smallest absolute Gasteiger partial charge is 0.361 e. The van der Waals surface area contributed by atoms with E-state index in [1.807, 2.05) is 6.07 Å². The first-order chi connectivity index (χ1) is 14.4. The first-order valence-corrected chi connectivity index (χ1v) is 13.1. The van der Waals surface area contributed by atoms with Crippen molar-refractivity contribution in [2.24, 2.45) is 0 Å². The Bertz CT molecular complexity index is 962. The molecular formula is C20H27N2O6PS. The van der Waals surface area contributed by atoms with Crippen LogP contribution >= 0.6 is 18.4 Å². The van der Waals surface area contributed by atoms with Crippen LogP contribution in [0.1, 0.15) is 26.7 Å². The molecule has 1 fully saturated rings. The zero-order valence-electron chi connectivity index (χ0n) is 17.0. The molecule has 0 spiro atoms. The van der Waals surface area contributed by atoms with E-state index in [2.05, 4.69) is 9.62 Å². The topological polar surface area (TPSA) is 100 Å². The molecule has 2 aliphatic heterocycles. The molecule has 2 aliphatic rings. The van der Waals surface area contributed by atoms with Crippen LogP contribution in [0.15, 0.2) is 47.4 Å². The molecule has 4 rings (SSSR count). The minimum atomic E-state index is -3.43. The average molecular weight is 454 g/mol. The van der Waals surface area contributed by atoms with E-state index < -0.39 is 18.4 Å². The van der Waals surface area contributed by atoms with E-state index in [0.29, 0.717) is 21.7 Å². The van der Waals surface area contributed by atoms with Crippen LogP contribution in [0.4, 0.5) is 5.69 Å². The summed E-state index contributed by atoms with van der Waals surface area (Å²) in [7, 11) is -6.54. The maximum absolute atomic E-state index is 13.0. The summed E-state index contributed by atoms with van der Waals surface area (Å²) < 4.78 is 54.0. The molecule has 0 aliphatic carbocycles. The van der Waals surface area contributed by atoms with Gasteiger partial charge in [0.2, 0.25) is 0 Å². The number of benzene rings is 2. The van der Waals surface area contributed by atoms with Crippen LogP contribution in [-0.4, -0.2) is 35.0 Å². The van der Waals surface area contributed by atoms with Gasteiger partial charge >= 0.3 is 7.60 Å². The molecule has 2 aromatic rings. The second-order valence-corrected chi connectivity index (χ2v) is 10.9. The number of anilines is 1. The van der Waals surface area contributed by atoms with Gasteiger partial charge in [-0.1, -0.05) is 6.07 Å². The van der Waals surface area contributed by atoms with Gasteiger partial charge in [0.25, 0.3) is 0 Å². The van der Waals surface area contributed by atoms with Crippen molar-refractivity contribution in [1.29, 1.82) is 0 Å². The van der Waals surface area contributed by atoms with E-state index in [9.17, 15) is 13.7 Å². The summed E-state index contributed by atoms with van der Waals surface area (Å²) in [5.74, 6) is 0.902. The summed E-state index contributed by atoms with van der Waals surface area (Å²) >= 11 is 0. The van der Waals surface area contributed by atoms with E-state index in [1.165, 1.54) is 0 Å². The molecule has 0 amide bonds. The molecule has 0 bridgehead atoms. The Labute approximate surface area is 178 Å². The largest absolute Gasteiger partial charge is 0.457 e. The summed E-state index contributed by atoms with van der Waals surface area (Å²) in [6.45, 7) is 4.91. The molecule has 2 heterocycles. The predicted octanol–water partition coefficient (Wildman–Crippen LogP) is 4.92. The molecule has 8 nitrogen and oxygen atoms in total. The number of ether oxygens (including phenoxy) is 1. The van der Waals surface area contributed by atoms with Crippen molar-refractivity contribution in [2.45, 2.75) is 37.8 Å². The van der Waals surface area contributed by atoms with Crippen molar-refractivity contribution in [3.63, 3.8) is 0 Å². The summed E-state index contributed by atoms with van der Waals surface area (Å²) in [6, 6.07) is 12.1. The molecule has 10 heteroatoms. The van der Waals surface area contributed by atoms with Crippen molar-refractivity contribution in [2.75, 3.05) is 24.7 Å². The van der Waals surface area contributed by atoms with E-state index in [4.69, 9.17) is 13.8 Å².